The van der Waals surface area contributed by atoms with Crippen LogP contribution in [0.4, 0.5) is 0 Å². The summed E-state index contributed by atoms with van der Waals surface area (Å²) in [5, 5.41) is 3.52. The number of nitrogens with one attached hydrogen (secondary N) is 1. The quantitative estimate of drug-likeness (QED) is 0.843. The maximum absolute atomic E-state index is 3.52. The molecule has 1 aromatic carbocycles. The average molecular weight is 232 g/mol. The topological polar surface area (TPSA) is 15.3 Å². The van der Waals surface area contributed by atoms with Crippen LogP contribution in [0.2, 0.25) is 0 Å². The Kier molecular flexibility index (Phi) is 3.55. The molecule has 2 heteroatoms. The second-order valence-electron chi connectivity index (χ2n) is 5.79. The van der Waals surface area contributed by atoms with Gasteiger partial charge in [0.25, 0.3) is 0 Å². The molecule has 2 unspecified atom stereocenters. The zero-order valence-corrected chi connectivity index (χ0v) is 11.4. The van der Waals surface area contributed by atoms with Crippen molar-refractivity contribution in [3.63, 3.8) is 0 Å². The predicted octanol–water partition coefficient (Wildman–Crippen LogP) is 2.82. The largest absolute Gasteiger partial charge is 0.313 e. The van der Waals surface area contributed by atoms with Crippen molar-refractivity contribution >= 4 is 0 Å². The summed E-state index contributed by atoms with van der Waals surface area (Å²) in [6.45, 7) is 11.4. The van der Waals surface area contributed by atoms with Crippen molar-refractivity contribution in [2.45, 2.75) is 45.3 Å². The number of rotatable bonds is 2. The summed E-state index contributed by atoms with van der Waals surface area (Å²) in [6, 6.07) is 11.9. The zero-order chi connectivity index (χ0) is 12.5. The minimum atomic E-state index is 0.215. The minimum Gasteiger partial charge on any atom is -0.313 e. The van der Waals surface area contributed by atoms with Crippen LogP contribution in [0, 0.1) is 0 Å². The van der Waals surface area contributed by atoms with Gasteiger partial charge in [0.15, 0.2) is 0 Å². The zero-order valence-electron chi connectivity index (χ0n) is 11.4. The van der Waals surface area contributed by atoms with Crippen molar-refractivity contribution in [2.24, 2.45) is 0 Å². The van der Waals surface area contributed by atoms with E-state index in [9.17, 15) is 0 Å². The highest BCUT2D eigenvalue weighted by atomic mass is 15.3. The van der Waals surface area contributed by atoms with E-state index in [2.05, 4.69) is 68.2 Å². The van der Waals surface area contributed by atoms with Gasteiger partial charge in [-0.2, -0.15) is 0 Å². The van der Waals surface area contributed by atoms with Crippen molar-refractivity contribution in [1.82, 2.24) is 10.2 Å². The second-order valence-corrected chi connectivity index (χ2v) is 5.79. The Labute approximate surface area is 105 Å². The molecule has 0 bridgehead atoms. The van der Waals surface area contributed by atoms with Crippen LogP contribution in [-0.4, -0.2) is 29.6 Å². The van der Waals surface area contributed by atoms with Crippen molar-refractivity contribution < 1.29 is 0 Å². The Balaban J connectivity index is 2.25. The molecule has 1 aliphatic rings. The standard InChI is InChI=1S/C15H24N2/c1-12-10-16-11-15(3,4)17(12)13(2)14-8-6-5-7-9-14/h5-9,12-13,16H,10-11H2,1-4H3. The van der Waals surface area contributed by atoms with E-state index in [4.69, 9.17) is 0 Å². The molecule has 0 saturated carbocycles. The Bertz CT molecular complexity index is 358. The van der Waals surface area contributed by atoms with Gasteiger partial charge in [-0.1, -0.05) is 30.3 Å². The summed E-state index contributed by atoms with van der Waals surface area (Å²) >= 11 is 0. The number of piperazine rings is 1. The molecule has 1 fully saturated rings. The number of hydrogen-bond donors (Lipinski definition) is 1. The molecular formula is C15H24N2. The van der Waals surface area contributed by atoms with Gasteiger partial charge in [-0.15, -0.1) is 0 Å². The van der Waals surface area contributed by atoms with Crippen molar-refractivity contribution in [1.29, 1.82) is 0 Å². The lowest BCUT2D eigenvalue weighted by Crippen LogP contribution is -2.62. The number of benzene rings is 1. The van der Waals surface area contributed by atoms with Crippen LogP contribution in [-0.2, 0) is 0 Å². The third-order valence-corrected chi connectivity index (χ3v) is 3.87. The normalized spacial score (nSPS) is 26.7. The SMILES string of the molecule is CC1CNCC(C)(C)N1C(C)c1ccccc1. The average Bonchev–Trinajstić information content (AvgIpc) is 2.28. The predicted molar refractivity (Wildman–Crippen MR) is 73.1 cm³/mol. The summed E-state index contributed by atoms with van der Waals surface area (Å²) in [4.78, 5) is 2.64. The maximum atomic E-state index is 3.52. The van der Waals surface area contributed by atoms with Crippen LogP contribution in [0.3, 0.4) is 0 Å². The smallest absolute Gasteiger partial charge is 0.0329 e. The molecule has 94 valence electrons. The number of nitrogens with zero attached hydrogens (tertiary/aromatic N) is 1. The lowest BCUT2D eigenvalue weighted by Gasteiger charge is -2.50. The number of hydrogen-bond acceptors (Lipinski definition) is 2. The molecule has 1 saturated heterocycles. The third-order valence-electron chi connectivity index (χ3n) is 3.87. The van der Waals surface area contributed by atoms with Gasteiger partial charge in [-0.05, 0) is 33.3 Å². The van der Waals surface area contributed by atoms with Crippen LogP contribution in [0.5, 0.6) is 0 Å². The first-order valence-corrected chi connectivity index (χ1v) is 6.56. The van der Waals surface area contributed by atoms with Crippen LogP contribution in [0.1, 0.15) is 39.3 Å². The van der Waals surface area contributed by atoms with Crippen molar-refractivity contribution in [2.75, 3.05) is 13.1 Å². The fourth-order valence-corrected chi connectivity index (χ4v) is 3.17. The first-order valence-electron chi connectivity index (χ1n) is 6.56. The highest BCUT2D eigenvalue weighted by Crippen LogP contribution is 2.31. The molecule has 1 N–H and O–H groups in total. The summed E-state index contributed by atoms with van der Waals surface area (Å²) in [6.07, 6.45) is 0. The van der Waals surface area contributed by atoms with E-state index < -0.39 is 0 Å². The molecule has 1 aromatic rings. The first-order chi connectivity index (χ1) is 8.02. The molecule has 0 spiro atoms. The van der Waals surface area contributed by atoms with Gasteiger partial charge in [-0.25, -0.2) is 0 Å². The minimum absolute atomic E-state index is 0.215. The molecular weight excluding hydrogens is 208 g/mol. The van der Waals surface area contributed by atoms with Crippen LogP contribution in [0.25, 0.3) is 0 Å². The molecule has 2 atom stereocenters. The molecule has 0 aromatic heterocycles. The molecule has 2 nitrogen and oxygen atoms in total. The van der Waals surface area contributed by atoms with Gasteiger partial charge in [0.2, 0.25) is 0 Å². The highest BCUT2D eigenvalue weighted by Gasteiger charge is 2.37. The fraction of sp³-hybridized carbons (Fsp3) is 0.600. The monoisotopic (exact) mass is 232 g/mol. The van der Waals surface area contributed by atoms with E-state index in [1.165, 1.54) is 5.56 Å². The summed E-state index contributed by atoms with van der Waals surface area (Å²) in [5.74, 6) is 0. The molecule has 2 rings (SSSR count). The van der Waals surface area contributed by atoms with Gasteiger partial charge in [0, 0.05) is 30.7 Å². The van der Waals surface area contributed by atoms with Crippen molar-refractivity contribution in [3.8, 4) is 0 Å². The van der Waals surface area contributed by atoms with Crippen LogP contribution >= 0.6 is 0 Å². The summed E-state index contributed by atoms with van der Waals surface area (Å²) in [7, 11) is 0. The van der Waals surface area contributed by atoms with E-state index in [1.807, 2.05) is 0 Å². The van der Waals surface area contributed by atoms with Gasteiger partial charge in [-0.3, -0.25) is 4.90 Å². The van der Waals surface area contributed by atoms with Crippen molar-refractivity contribution in [3.05, 3.63) is 35.9 Å². The molecule has 1 aliphatic heterocycles. The van der Waals surface area contributed by atoms with Gasteiger partial charge in [0.05, 0.1) is 0 Å². The molecule has 0 radical (unpaired) electrons. The Morgan fingerprint density at radius 1 is 1.29 bits per heavy atom. The summed E-state index contributed by atoms with van der Waals surface area (Å²) < 4.78 is 0. The molecule has 0 amide bonds. The lowest BCUT2D eigenvalue weighted by atomic mass is 9.92. The Morgan fingerprint density at radius 3 is 2.53 bits per heavy atom. The van der Waals surface area contributed by atoms with E-state index in [1.54, 1.807) is 0 Å². The Morgan fingerprint density at radius 2 is 1.94 bits per heavy atom. The van der Waals surface area contributed by atoms with Gasteiger partial charge in [0.1, 0.15) is 0 Å². The van der Waals surface area contributed by atoms with E-state index in [-0.39, 0.29) is 5.54 Å². The lowest BCUT2D eigenvalue weighted by molar-refractivity contribution is 0.00930. The first kappa shape index (κ1) is 12.6. The fourth-order valence-electron chi connectivity index (χ4n) is 3.17. The van der Waals surface area contributed by atoms with Gasteiger partial charge < -0.3 is 5.32 Å². The van der Waals surface area contributed by atoms with Crippen LogP contribution in [0.15, 0.2) is 30.3 Å². The van der Waals surface area contributed by atoms with E-state index in [0.717, 1.165) is 13.1 Å². The summed E-state index contributed by atoms with van der Waals surface area (Å²) in [5.41, 5.74) is 1.63. The van der Waals surface area contributed by atoms with E-state index in [0.29, 0.717) is 12.1 Å². The van der Waals surface area contributed by atoms with Crippen LogP contribution < -0.4 is 5.32 Å². The second kappa shape index (κ2) is 4.79. The molecule has 1 heterocycles. The highest BCUT2D eigenvalue weighted by molar-refractivity contribution is 5.19. The maximum Gasteiger partial charge on any atom is 0.0329 e. The third kappa shape index (κ3) is 2.53. The van der Waals surface area contributed by atoms with Gasteiger partial charge >= 0.3 is 0 Å². The molecule has 17 heavy (non-hydrogen) atoms. The van der Waals surface area contributed by atoms with E-state index >= 15 is 0 Å². The molecule has 0 aliphatic carbocycles. The Hall–Kier alpha value is -0.860.